The van der Waals surface area contributed by atoms with Gasteiger partial charge in [0.05, 0.1) is 6.04 Å². The number of nitrogens with one attached hydrogen (secondary N) is 1. The molecule has 2 aliphatic rings. The molecule has 2 aliphatic heterocycles. The van der Waals surface area contributed by atoms with Gasteiger partial charge in [0.25, 0.3) is 0 Å². The summed E-state index contributed by atoms with van der Waals surface area (Å²) in [4.78, 5) is 12.4. The van der Waals surface area contributed by atoms with E-state index < -0.39 is 6.04 Å². The molecule has 6 heteroatoms. The van der Waals surface area contributed by atoms with Crippen molar-refractivity contribution < 1.29 is 19.0 Å². The molecule has 1 aromatic rings. The molecule has 1 saturated heterocycles. The molecule has 1 atom stereocenters. The first-order valence-electron chi connectivity index (χ1n) is 9.01. The van der Waals surface area contributed by atoms with Crippen LogP contribution in [0.25, 0.3) is 0 Å². The predicted molar refractivity (Wildman–Crippen MR) is 94.7 cm³/mol. The van der Waals surface area contributed by atoms with Crippen LogP contribution in [0.2, 0.25) is 0 Å². The Morgan fingerprint density at radius 3 is 2.68 bits per heavy atom. The average molecular weight is 348 g/mol. The fraction of sp³-hybridized carbons (Fsp3) is 0.632. The van der Waals surface area contributed by atoms with E-state index in [0.717, 1.165) is 29.9 Å². The van der Waals surface area contributed by atoms with Crippen molar-refractivity contribution >= 4 is 5.91 Å². The molecular formula is C19H28N2O4. The molecule has 3 N–H and O–H groups in total. The van der Waals surface area contributed by atoms with Gasteiger partial charge in [0.1, 0.15) is 0 Å². The number of amides is 1. The normalized spacial score (nSPS) is 19.7. The van der Waals surface area contributed by atoms with Crippen LogP contribution in [0.15, 0.2) is 18.2 Å². The smallest absolute Gasteiger partial charge is 0.236 e. The monoisotopic (exact) mass is 348 g/mol. The summed E-state index contributed by atoms with van der Waals surface area (Å²) < 4.78 is 16.5. The van der Waals surface area contributed by atoms with Gasteiger partial charge in [0.15, 0.2) is 11.5 Å². The van der Waals surface area contributed by atoms with E-state index in [1.807, 2.05) is 12.1 Å². The quantitative estimate of drug-likeness (QED) is 0.821. The van der Waals surface area contributed by atoms with Crippen molar-refractivity contribution in [3.05, 3.63) is 23.8 Å². The van der Waals surface area contributed by atoms with E-state index in [2.05, 4.69) is 25.2 Å². The molecule has 6 nitrogen and oxygen atoms in total. The van der Waals surface area contributed by atoms with Crippen LogP contribution in [-0.2, 0) is 14.9 Å². The van der Waals surface area contributed by atoms with Gasteiger partial charge in [-0.2, -0.15) is 0 Å². The van der Waals surface area contributed by atoms with Crippen LogP contribution in [0.3, 0.4) is 0 Å². The number of rotatable bonds is 6. The Bertz CT molecular complexity index is 611. The third kappa shape index (κ3) is 4.07. The lowest BCUT2D eigenvalue weighted by molar-refractivity contribution is -0.123. The minimum absolute atomic E-state index is 0.0830. The summed E-state index contributed by atoms with van der Waals surface area (Å²) in [6.07, 6.45) is 2.39. The van der Waals surface area contributed by atoms with Crippen LogP contribution in [0.4, 0.5) is 0 Å². The molecule has 138 valence electrons. The minimum atomic E-state index is -0.464. The lowest BCUT2D eigenvalue weighted by atomic mass is 9.74. The van der Waals surface area contributed by atoms with Gasteiger partial charge in [-0.15, -0.1) is 0 Å². The van der Waals surface area contributed by atoms with Crippen molar-refractivity contribution in [1.29, 1.82) is 0 Å². The second-order valence-electron chi connectivity index (χ2n) is 7.41. The lowest BCUT2D eigenvalue weighted by Crippen LogP contribution is -2.49. The maximum Gasteiger partial charge on any atom is 0.236 e. The average Bonchev–Trinajstić information content (AvgIpc) is 3.07. The van der Waals surface area contributed by atoms with Gasteiger partial charge in [-0.3, -0.25) is 4.79 Å². The fourth-order valence-electron chi connectivity index (χ4n) is 3.56. The van der Waals surface area contributed by atoms with E-state index in [4.69, 9.17) is 19.9 Å². The summed E-state index contributed by atoms with van der Waals surface area (Å²) in [7, 11) is 0. The van der Waals surface area contributed by atoms with Crippen LogP contribution in [0.1, 0.15) is 38.7 Å². The Hall–Kier alpha value is -1.79. The van der Waals surface area contributed by atoms with E-state index in [0.29, 0.717) is 32.1 Å². The highest BCUT2D eigenvalue weighted by Gasteiger charge is 2.36. The van der Waals surface area contributed by atoms with Crippen LogP contribution in [0, 0.1) is 5.92 Å². The second-order valence-corrected chi connectivity index (χ2v) is 7.41. The third-order valence-electron chi connectivity index (χ3n) is 5.10. The zero-order chi connectivity index (χ0) is 17.9. The number of fused-ring (bicyclic) bond motifs is 1. The molecule has 0 saturated carbocycles. The molecule has 25 heavy (non-hydrogen) atoms. The van der Waals surface area contributed by atoms with Crippen molar-refractivity contribution in [2.75, 3.05) is 26.6 Å². The molecule has 2 heterocycles. The zero-order valence-corrected chi connectivity index (χ0v) is 15.0. The SMILES string of the molecule is CC(C)C[C@H](N)C(=O)NCC1(c2ccc3c(c2)OCO3)CCOCC1. The number of benzene rings is 1. The summed E-state index contributed by atoms with van der Waals surface area (Å²) in [5.41, 5.74) is 7.01. The van der Waals surface area contributed by atoms with Crippen molar-refractivity contribution in [3.8, 4) is 11.5 Å². The Morgan fingerprint density at radius 1 is 1.24 bits per heavy atom. The third-order valence-corrected chi connectivity index (χ3v) is 5.10. The van der Waals surface area contributed by atoms with Crippen molar-refractivity contribution in [2.24, 2.45) is 11.7 Å². The molecule has 0 spiro atoms. The first-order chi connectivity index (χ1) is 12.0. The molecule has 3 rings (SSSR count). The molecule has 0 bridgehead atoms. The maximum atomic E-state index is 12.4. The van der Waals surface area contributed by atoms with Gasteiger partial charge >= 0.3 is 0 Å². The Kier molecular flexibility index (Phi) is 5.49. The van der Waals surface area contributed by atoms with Crippen LogP contribution in [0.5, 0.6) is 11.5 Å². The first-order valence-corrected chi connectivity index (χ1v) is 9.01. The molecular weight excluding hydrogens is 320 g/mol. The highest BCUT2D eigenvalue weighted by atomic mass is 16.7. The largest absolute Gasteiger partial charge is 0.454 e. The number of hydrogen-bond acceptors (Lipinski definition) is 5. The maximum absolute atomic E-state index is 12.4. The lowest BCUT2D eigenvalue weighted by Gasteiger charge is -2.38. The van der Waals surface area contributed by atoms with Gasteiger partial charge in [-0.1, -0.05) is 19.9 Å². The predicted octanol–water partition coefficient (Wildman–Crippen LogP) is 1.95. The highest BCUT2D eigenvalue weighted by Crippen LogP contribution is 2.40. The van der Waals surface area contributed by atoms with E-state index in [1.54, 1.807) is 0 Å². The van der Waals surface area contributed by atoms with Gasteiger partial charge in [-0.25, -0.2) is 0 Å². The number of carbonyl (C=O) groups is 1. The fourth-order valence-corrected chi connectivity index (χ4v) is 3.56. The Morgan fingerprint density at radius 2 is 1.96 bits per heavy atom. The molecule has 1 amide bonds. The van der Waals surface area contributed by atoms with E-state index in [1.165, 1.54) is 0 Å². The number of hydrogen-bond donors (Lipinski definition) is 2. The summed E-state index contributed by atoms with van der Waals surface area (Å²) >= 11 is 0. The number of ether oxygens (including phenoxy) is 3. The summed E-state index contributed by atoms with van der Waals surface area (Å²) in [5, 5.41) is 3.07. The van der Waals surface area contributed by atoms with E-state index >= 15 is 0 Å². The standard InChI is InChI=1S/C19H28N2O4/c1-13(2)9-15(20)18(22)21-11-19(5-7-23-8-6-19)14-3-4-16-17(10-14)25-12-24-16/h3-4,10,13,15H,5-9,11-12,20H2,1-2H3,(H,21,22)/t15-/m0/s1. The second kappa shape index (κ2) is 7.62. The molecule has 1 fully saturated rings. The minimum Gasteiger partial charge on any atom is -0.454 e. The summed E-state index contributed by atoms with van der Waals surface area (Å²) in [5.74, 6) is 1.85. The topological polar surface area (TPSA) is 82.8 Å². The highest BCUT2D eigenvalue weighted by molar-refractivity contribution is 5.81. The van der Waals surface area contributed by atoms with E-state index in [9.17, 15) is 4.79 Å². The van der Waals surface area contributed by atoms with Gasteiger partial charge in [0, 0.05) is 25.2 Å². The number of carbonyl (C=O) groups excluding carboxylic acids is 1. The summed E-state index contributed by atoms with van der Waals surface area (Å²) in [6.45, 7) is 6.32. The molecule has 0 unspecified atom stereocenters. The molecule has 0 aromatic heterocycles. The van der Waals surface area contributed by atoms with Crippen LogP contribution in [-0.4, -0.2) is 38.5 Å². The summed E-state index contributed by atoms with van der Waals surface area (Å²) in [6, 6.07) is 5.59. The molecule has 0 radical (unpaired) electrons. The van der Waals surface area contributed by atoms with Gasteiger partial charge < -0.3 is 25.3 Å². The van der Waals surface area contributed by atoms with Gasteiger partial charge in [0.2, 0.25) is 12.7 Å². The van der Waals surface area contributed by atoms with Crippen molar-refractivity contribution in [3.63, 3.8) is 0 Å². The Balaban J connectivity index is 1.74. The van der Waals surface area contributed by atoms with Crippen LogP contribution >= 0.6 is 0 Å². The number of nitrogens with two attached hydrogens (primary N) is 1. The van der Waals surface area contributed by atoms with Crippen molar-refractivity contribution in [1.82, 2.24) is 5.32 Å². The first kappa shape index (κ1) is 18.0. The zero-order valence-electron chi connectivity index (χ0n) is 15.0. The van der Waals surface area contributed by atoms with Crippen molar-refractivity contribution in [2.45, 2.75) is 44.6 Å². The van der Waals surface area contributed by atoms with Gasteiger partial charge in [-0.05, 0) is 42.9 Å². The van der Waals surface area contributed by atoms with Crippen LogP contribution < -0.4 is 20.5 Å². The van der Waals surface area contributed by atoms with E-state index in [-0.39, 0.29) is 18.1 Å². The molecule has 0 aliphatic carbocycles. The Labute approximate surface area is 149 Å². The molecule has 1 aromatic carbocycles.